The molecule has 17 heavy (non-hydrogen) atoms. The lowest BCUT2D eigenvalue weighted by molar-refractivity contribution is 0.143. The van der Waals surface area contributed by atoms with Crippen LogP contribution in [0.25, 0.3) is 0 Å². The maximum atomic E-state index is 5.51. The Bertz CT molecular complexity index is 361. The molecule has 0 aliphatic rings. The molecule has 1 rings (SSSR count). The maximum Gasteiger partial charge on any atom is 0.218 e. The van der Waals surface area contributed by atoms with Crippen molar-refractivity contribution in [1.82, 2.24) is 9.97 Å². The quantitative estimate of drug-likeness (QED) is 0.795. The SMILES string of the molecule is CNc1cc(OCCOC)nc(C(C)(C)C)n1. The normalized spacial score (nSPS) is 11.4. The van der Waals surface area contributed by atoms with Crippen molar-refractivity contribution in [2.75, 3.05) is 32.7 Å². The average Bonchev–Trinajstić information content (AvgIpc) is 2.28. The third-order valence-corrected chi connectivity index (χ3v) is 2.17. The topological polar surface area (TPSA) is 56.3 Å². The van der Waals surface area contributed by atoms with E-state index < -0.39 is 0 Å². The highest BCUT2D eigenvalue weighted by atomic mass is 16.5. The Balaban J connectivity index is 2.89. The largest absolute Gasteiger partial charge is 0.475 e. The van der Waals surface area contributed by atoms with E-state index in [2.05, 4.69) is 36.1 Å². The van der Waals surface area contributed by atoms with Gasteiger partial charge in [-0.05, 0) is 0 Å². The van der Waals surface area contributed by atoms with Crippen molar-refractivity contribution in [3.8, 4) is 5.88 Å². The third-order valence-electron chi connectivity index (χ3n) is 2.17. The number of hydrogen-bond acceptors (Lipinski definition) is 5. The van der Waals surface area contributed by atoms with Gasteiger partial charge < -0.3 is 14.8 Å². The van der Waals surface area contributed by atoms with Crippen LogP contribution in [0.5, 0.6) is 5.88 Å². The van der Waals surface area contributed by atoms with E-state index in [1.165, 1.54) is 0 Å². The number of hydrogen-bond donors (Lipinski definition) is 1. The number of methoxy groups -OCH3 is 1. The van der Waals surface area contributed by atoms with Crippen LogP contribution in [0.15, 0.2) is 6.07 Å². The van der Waals surface area contributed by atoms with E-state index in [-0.39, 0.29) is 5.41 Å². The fourth-order valence-electron chi connectivity index (χ4n) is 1.19. The van der Waals surface area contributed by atoms with Crippen molar-refractivity contribution in [1.29, 1.82) is 0 Å². The van der Waals surface area contributed by atoms with E-state index in [9.17, 15) is 0 Å². The molecule has 0 spiro atoms. The van der Waals surface area contributed by atoms with Crippen LogP contribution in [-0.4, -0.2) is 37.3 Å². The molecular formula is C12H21N3O2. The first-order chi connectivity index (χ1) is 7.97. The Morgan fingerprint density at radius 1 is 1.24 bits per heavy atom. The summed E-state index contributed by atoms with van der Waals surface area (Å²) < 4.78 is 10.4. The summed E-state index contributed by atoms with van der Waals surface area (Å²) in [5, 5.41) is 3.01. The van der Waals surface area contributed by atoms with Gasteiger partial charge in [0.2, 0.25) is 5.88 Å². The number of anilines is 1. The molecular weight excluding hydrogens is 218 g/mol. The van der Waals surface area contributed by atoms with E-state index in [1.807, 2.05) is 7.05 Å². The van der Waals surface area contributed by atoms with Gasteiger partial charge in [0.1, 0.15) is 18.2 Å². The molecule has 0 radical (unpaired) electrons. The van der Waals surface area contributed by atoms with E-state index in [0.29, 0.717) is 19.1 Å². The van der Waals surface area contributed by atoms with Gasteiger partial charge in [0.25, 0.3) is 0 Å². The summed E-state index contributed by atoms with van der Waals surface area (Å²) in [4.78, 5) is 8.81. The standard InChI is InChI=1S/C12H21N3O2/c1-12(2,3)11-14-9(13-4)8-10(15-11)17-7-6-16-5/h8H,6-7H2,1-5H3,(H,13,14,15). The van der Waals surface area contributed by atoms with Crippen molar-refractivity contribution >= 4 is 5.82 Å². The second-order valence-electron chi connectivity index (χ2n) is 4.76. The number of nitrogens with zero attached hydrogens (tertiary/aromatic N) is 2. The Morgan fingerprint density at radius 3 is 2.47 bits per heavy atom. The van der Waals surface area contributed by atoms with Crippen LogP contribution in [0.4, 0.5) is 5.82 Å². The van der Waals surface area contributed by atoms with Crippen LogP contribution in [0.2, 0.25) is 0 Å². The molecule has 0 unspecified atom stereocenters. The molecule has 96 valence electrons. The molecule has 0 atom stereocenters. The summed E-state index contributed by atoms with van der Waals surface area (Å²) in [5.41, 5.74) is -0.105. The summed E-state index contributed by atoms with van der Waals surface area (Å²) in [5.74, 6) is 2.10. The first-order valence-corrected chi connectivity index (χ1v) is 5.66. The molecule has 0 amide bonds. The second kappa shape index (κ2) is 5.82. The first-order valence-electron chi connectivity index (χ1n) is 5.66. The number of ether oxygens (including phenoxy) is 2. The van der Waals surface area contributed by atoms with Crippen molar-refractivity contribution in [3.05, 3.63) is 11.9 Å². The molecule has 0 bridgehead atoms. The molecule has 0 fully saturated rings. The lowest BCUT2D eigenvalue weighted by Crippen LogP contribution is -2.18. The summed E-state index contributed by atoms with van der Waals surface area (Å²) >= 11 is 0. The molecule has 0 aliphatic carbocycles. The Morgan fingerprint density at radius 2 is 1.94 bits per heavy atom. The molecule has 0 saturated heterocycles. The van der Waals surface area contributed by atoms with E-state index >= 15 is 0 Å². The summed E-state index contributed by atoms with van der Waals surface area (Å²) in [6.07, 6.45) is 0. The molecule has 1 aromatic rings. The predicted molar refractivity (Wildman–Crippen MR) is 67.6 cm³/mol. The zero-order valence-electron chi connectivity index (χ0n) is 11.2. The lowest BCUT2D eigenvalue weighted by Gasteiger charge is -2.18. The highest BCUT2D eigenvalue weighted by Crippen LogP contribution is 2.22. The maximum absolute atomic E-state index is 5.51. The summed E-state index contributed by atoms with van der Waals surface area (Å²) in [6.45, 7) is 7.24. The Labute approximate surface area is 103 Å². The van der Waals surface area contributed by atoms with E-state index in [0.717, 1.165) is 11.6 Å². The highest BCUT2D eigenvalue weighted by molar-refractivity contribution is 5.38. The van der Waals surface area contributed by atoms with Crippen molar-refractivity contribution in [3.63, 3.8) is 0 Å². The van der Waals surface area contributed by atoms with Gasteiger partial charge in [-0.25, -0.2) is 4.98 Å². The molecule has 0 aromatic carbocycles. The zero-order valence-corrected chi connectivity index (χ0v) is 11.2. The number of aromatic nitrogens is 2. The first kappa shape index (κ1) is 13.7. The van der Waals surface area contributed by atoms with Gasteiger partial charge in [0.15, 0.2) is 0 Å². The number of rotatable bonds is 5. The predicted octanol–water partition coefficient (Wildman–Crippen LogP) is 1.84. The van der Waals surface area contributed by atoms with Gasteiger partial charge in [0.05, 0.1) is 6.61 Å². The minimum absolute atomic E-state index is 0.105. The fourth-order valence-corrected chi connectivity index (χ4v) is 1.19. The minimum atomic E-state index is -0.105. The Hall–Kier alpha value is -1.36. The fraction of sp³-hybridized carbons (Fsp3) is 0.667. The molecule has 1 aromatic heterocycles. The van der Waals surface area contributed by atoms with Crippen LogP contribution in [0.1, 0.15) is 26.6 Å². The monoisotopic (exact) mass is 239 g/mol. The summed E-state index contributed by atoms with van der Waals surface area (Å²) in [7, 11) is 3.47. The molecule has 5 nitrogen and oxygen atoms in total. The molecule has 5 heteroatoms. The third kappa shape index (κ3) is 4.19. The minimum Gasteiger partial charge on any atom is -0.475 e. The average molecular weight is 239 g/mol. The van der Waals surface area contributed by atoms with Gasteiger partial charge in [-0.3, -0.25) is 0 Å². The van der Waals surface area contributed by atoms with Gasteiger partial charge in [-0.15, -0.1) is 0 Å². The smallest absolute Gasteiger partial charge is 0.218 e. The van der Waals surface area contributed by atoms with E-state index in [4.69, 9.17) is 9.47 Å². The zero-order chi connectivity index (χ0) is 12.9. The molecule has 1 N–H and O–H groups in total. The van der Waals surface area contributed by atoms with Gasteiger partial charge in [-0.2, -0.15) is 4.98 Å². The van der Waals surface area contributed by atoms with Crippen LogP contribution in [-0.2, 0) is 10.2 Å². The van der Waals surface area contributed by atoms with Crippen LogP contribution in [0, 0.1) is 0 Å². The van der Waals surface area contributed by atoms with Gasteiger partial charge in [-0.1, -0.05) is 20.8 Å². The van der Waals surface area contributed by atoms with Crippen molar-refractivity contribution < 1.29 is 9.47 Å². The molecule has 0 saturated carbocycles. The van der Waals surface area contributed by atoms with Crippen LogP contribution in [0.3, 0.4) is 0 Å². The van der Waals surface area contributed by atoms with Gasteiger partial charge >= 0.3 is 0 Å². The second-order valence-corrected chi connectivity index (χ2v) is 4.76. The summed E-state index contributed by atoms with van der Waals surface area (Å²) in [6, 6.07) is 1.78. The van der Waals surface area contributed by atoms with Gasteiger partial charge in [0, 0.05) is 25.6 Å². The molecule has 1 heterocycles. The van der Waals surface area contributed by atoms with Crippen molar-refractivity contribution in [2.24, 2.45) is 0 Å². The number of nitrogens with one attached hydrogen (secondary N) is 1. The lowest BCUT2D eigenvalue weighted by atomic mass is 9.96. The van der Waals surface area contributed by atoms with Crippen LogP contribution >= 0.6 is 0 Å². The van der Waals surface area contributed by atoms with Crippen LogP contribution < -0.4 is 10.1 Å². The van der Waals surface area contributed by atoms with E-state index in [1.54, 1.807) is 13.2 Å². The van der Waals surface area contributed by atoms with Crippen molar-refractivity contribution in [2.45, 2.75) is 26.2 Å². The Kier molecular flexibility index (Phi) is 4.69. The highest BCUT2D eigenvalue weighted by Gasteiger charge is 2.19. The molecule has 0 aliphatic heterocycles.